The summed E-state index contributed by atoms with van der Waals surface area (Å²) in [5, 5.41) is 0. The van der Waals surface area contributed by atoms with E-state index in [-0.39, 0.29) is 0 Å². The molecule has 0 saturated heterocycles. The highest BCUT2D eigenvalue weighted by atomic mass is 28.4. The molecule has 82 valence electrons. The van der Waals surface area contributed by atoms with Crippen LogP contribution in [0.4, 0.5) is 0 Å². The van der Waals surface area contributed by atoms with Gasteiger partial charge in [-0.15, -0.1) is 11.8 Å². The van der Waals surface area contributed by atoms with Crippen LogP contribution < -0.4 is 0 Å². The molecule has 0 aliphatic rings. The van der Waals surface area contributed by atoms with Crippen molar-refractivity contribution in [2.24, 2.45) is 0 Å². The van der Waals surface area contributed by atoms with Gasteiger partial charge in [0.25, 0.3) is 0 Å². The van der Waals surface area contributed by atoms with E-state index in [1.807, 2.05) is 6.92 Å². The summed E-state index contributed by atoms with van der Waals surface area (Å²) >= 11 is 0. The van der Waals surface area contributed by atoms with Crippen LogP contribution in [0.5, 0.6) is 0 Å². The van der Waals surface area contributed by atoms with E-state index >= 15 is 0 Å². The van der Waals surface area contributed by atoms with E-state index in [4.69, 9.17) is 4.43 Å². The van der Waals surface area contributed by atoms with Crippen molar-refractivity contribution in [3.05, 3.63) is 0 Å². The van der Waals surface area contributed by atoms with Crippen molar-refractivity contribution in [3.63, 3.8) is 0 Å². The average molecular weight is 212 g/mol. The van der Waals surface area contributed by atoms with Crippen molar-refractivity contribution in [1.82, 2.24) is 0 Å². The van der Waals surface area contributed by atoms with Gasteiger partial charge in [-0.3, -0.25) is 0 Å². The molecule has 2 heteroatoms. The second-order valence-electron chi connectivity index (χ2n) is 4.63. The van der Waals surface area contributed by atoms with Gasteiger partial charge in [-0.1, -0.05) is 19.8 Å². The smallest absolute Gasteiger partial charge is 0.184 e. The summed E-state index contributed by atoms with van der Waals surface area (Å²) in [6.07, 6.45) is 4.93. The van der Waals surface area contributed by atoms with E-state index < -0.39 is 8.32 Å². The Labute approximate surface area is 90.4 Å². The van der Waals surface area contributed by atoms with Crippen LogP contribution in [0.1, 0.15) is 39.5 Å². The molecule has 1 nitrogen and oxygen atoms in total. The first-order valence-electron chi connectivity index (χ1n) is 5.57. The molecule has 0 aromatic rings. The molecule has 0 aliphatic heterocycles. The molecule has 0 N–H and O–H groups in total. The monoisotopic (exact) mass is 212 g/mol. The van der Waals surface area contributed by atoms with Crippen LogP contribution in [0.2, 0.25) is 19.6 Å². The summed E-state index contributed by atoms with van der Waals surface area (Å²) in [4.78, 5) is 0. The maximum atomic E-state index is 6.08. The van der Waals surface area contributed by atoms with Crippen molar-refractivity contribution >= 4 is 8.32 Å². The van der Waals surface area contributed by atoms with Gasteiger partial charge in [0.05, 0.1) is 6.10 Å². The Balaban J connectivity index is 4.01. The van der Waals surface area contributed by atoms with Crippen LogP contribution in [0.3, 0.4) is 0 Å². The molecule has 0 fully saturated rings. The van der Waals surface area contributed by atoms with E-state index in [2.05, 4.69) is 38.4 Å². The molecule has 1 unspecified atom stereocenters. The van der Waals surface area contributed by atoms with Gasteiger partial charge in [-0.25, -0.2) is 0 Å². The summed E-state index contributed by atoms with van der Waals surface area (Å²) < 4.78 is 6.08. The zero-order chi connectivity index (χ0) is 11.0. The fraction of sp³-hybridized carbons (Fsp3) is 0.833. The third kappa shape index (κ3) is 8.34. The largest absolute Gasteiger partial charge is 0.414 e. The number of unbranched alkanes of at least 4 members (excludes halogenated alkanes) is 1. The second kappa shape index (κ2) is 7.08. The minimum atomic E-state index is -1.39. The fourth-order valence-electron chi connectivity index (χ4n) is 1.35. The van der Waals surface area contributed by atoms with Crippen molar-refractivity contribution in [2.45, 2.75) is 65.3 Å². The fourth-order valence-corrected chi connectivity index (χ4v) is 2.55. The quantitative estimate of drug-likeness (QED) is 0.480. The lowest BCUT2D eigenvalue weighted by molar-refractivity contribution is 0.186. The van der Waals surface area contributed by atoms with E-state index in [1.165, 1.54) is 12.8 Å². The highest BCUT2D eigenvalue weighted by Gasteiger charge is 2.19. The number of hydrogen-bond acceptors (Lipinski definition) is 1. The van der Waals surface area contributed by atoms with Crippen LogP contribution in [-0.4, -0.2) is 14.4 Å². The molecule has 0 rings (SSSR count). The molecule has 0 aromatic carbocycles. The Bertz CT molecular complexity index is 195. The summed E-state index contributed by atoms with van der Waals surface area (Å²) in [7, 11) is -1.39. The molecule has 0 amide bonds. The van der Waals surface area contributed by atoms with Gasteiger partial charge >= 0.3 is 0 Å². The average Bonchev–Trinajstić information content (AvgIpc) is 2.07. The van der Waals surface area contributed by atoms with Crippen molar-refractivity contribution in [1.29, 1.82) is 0 Å². The van der Waals surface area contributed by atoms with Crippen LogP contribution in [-0.2, 0) is 4.43 Å². The molecule has 0 bridgehead atoms. The van der Waals surface area contributed by atoms with Gasteiger partial charge in [0.15, 0.2) is 8.32 Å². The van der Waals surface area contributed by atoms with Crippen molar-refractivity contribution < 1.29 is 4.43 Å². The molecule has 0 spiro atoms. The minimum Gasteiger partial charge on any atom is -0.414 e. The third-order valence-electron chi connectivity index (χ3n) is 1.91. The minimum absolute atomic E-state index is 0.370. The highest BCUT2D eigenvalue weighted by Crippen LogP contribution is 2.15. The van der Waals surface area contributed by atoms with Gasteiger partial charge in [-0.2, -0.15) is 0 Å². The third-order valence-corrected chi connectivity index (χ3v) is 2.95. The molecule has 1 atom stereocenters. The predicted molar refractivity (Wildman–Crippen MR) is 65.8 cm³/mol. The van der Waals surface area contributed by atoms with E-state index in [9.17, 15) is 0 Å². The number of rotatable bonds is 6. The molecule has 0 radical (unpaired) electrons. The van der Waals surface area contributed by atoms with E-state index in [1.54, 1.807) is 0 Å². The molecular weight excluding hydrogens is 188 g/mol. The first-order chi connectivity index (χ1) is 6.49. The summed E-state index contributed by atoms with van der Waals surface area (Å²) in [5.41, 5.74) is 0. The predicted octanol–water partition coefficient (Wildman–Crippen LogP) is 3.81. The van der Waals surface area contributed by atoms with Gasteiger partial charge in [0, 0.05) is 6.42 Å². The van der Waals surface area contributed by atoms with Crippen LogP contribution in [0.15, 0.2) is 0 Å². The zero-order valence-corrected chi connectivity index (χ0v) is 11.3. The SMILES string of the molecule is CC#CCC(CCCC)O[Si](C)(C)C. The maximum absolute atomic E-state index is 6.08. The first-order valence-corrected chi connectivity index (χ1v) is 8.98. The number of hydrogen-bond donors (Lipinski definition) is 0. The lowest BCUT2D eigenvalue weighted by atomic mass is 10.1. The van der Waals surface area contributed by atoms with Gasteiger partial charge in [0.2, 0.25) is 0 Å². The van der Waals surface area contributed by atoms with Crippen molar-refractivity contribution in [3.8, 4) is 11.8 Å². The van der Waals surface area contributed by atoms with Crippen molar-refractivity contribution in [2.75, 3.05) is 0 Å². The zero-order valence-electron chi connectivity index (χ0n) is 10.3. The van der Waals surface area contributed by atoms with Gasteiger partial charge < -0.3 is 4.43 Å². The maximum Gasteiger partial charge on any atom is 0.184 e. The molecule has 0 aliphatic carbocycles. The Morgan fingerprint density at radius 2 is 1.93 bits per heavy atom. The Morgan fingerprint density at radius 1 is 1.29 bits per heavy atom. The molecule has 0 aromatic heterocycles. The van der Waals surface area contributed by atoms with Gasteiger partial charge in [-0.05, 0) is 33.0 Å². The lowest BCUT2D eigenvalue weighted by Crippen LogP contribution is -2.31. The lowest BCUT2D eigenvalue weighted by Gasteiger charge is -2.25. The van der Waals surface area contributed by atoms with Crippen LogP contribution in [0.25, 0.3) is 0 Å². The highest BCUT2D eigenvalue weighted by molar-refractivity contribution is 6.69. The normalized spacial score (nSPS) is 13.2. The summed E-state index contributed by atoms with van der Waals surface area (Å²) in [6.45, 7) is 10.8. The van der Waals surface area contributed by atoms with Crippen LogP contribution in [0, 0.1) is 11.8 Å². The molecular formula is C12H24OSi. The van der Waals surface area contributed by atoms with E-state index in [0.29, 0.717) is 6.10 Å². The summed E-state index contributed by atoms with van der Waals surface area (Å²) in [6, 6.07) is 0. The Morgan fingerprint density at radius 3 is 2.36 bits per heavy atom. The molecule has 0 saturated carbocycles. The Hall–Kier alpha value is -0.263. The first kappa shape index (κ1) is 13.7. The molecule has 0 heterocycles. The van der Waals surface area contributed by atoms with Gasteiger partial charge in [0.1, 0.15) is 0 Å². The van der Waals surface area contributed by atoms with E-state index in [0.717, 1.165) is 12.8 Å². The summed E-state index contributed by atoms with van der Waals surface area (Å²) in [5.74, 6) is 6.07. The van der Waals surface area contributed by atoms with Crippen LogP contribution >= 0.6 is 0 Å². The Kier molecular flexibility index (Phi) is 6.95. The molecule has 14 heavy (non-hydrogen) atoms. The standard InChI is InChI=1S/C12H24OSi/c1-6-8-10-12(11-9-7-2)13-14(3,4)5/h12H,6,8,10-11H2,1-5H3. The topological polar surface area (TPSA) is 9.23 Å². The second-order valence-corrected chi connectivity index (χ2v) is 9.09.